The molecule has 0 saturated carbocycles. The van der Waals surface area contributed by atoms with Gasteiger partial charge in [0, 0.05) is 32.2 Å². The average molecular weight is 318 g/mol. The molecule has 1 aromatic heterocycles. The molecular weight excluding hydrogens is 302 g/mol. The van der Waals surface area contributed by atoms with Crippen molar-refractivity contribution in [1.29, 1.82) is 0 Å². The lowest BCUT2D eigenvalue weighted by molar-refractivity contribution is 0.661. The molecule has 0 unspecified atom stereocenters. The smallest absolute Gasteiger partial charge is 0.0480 e. The van der Waals surface area contributed by atoms with Crippen molar-refractivity contribution in [2.45, 2.75) is 19.3 Å². The molecule has 1 aliphatic carbocycles. The minimum atomic E-state index is 0.0378. The van der Waals surface area contributed by atoms with Gasteiger partial charge in [-0.25, -0.2) is 0 Å². The van der Waals surface area contributed by atoms with Crippen LogP contribution in [0, 0.1) is 0 Å². The van der Waals surface area contributed by atoms with Gasteiger partial charge in [-0.2, -0.15) is 0 Å². The van der Waals surface area contributed by atoms with Crippen LogP contribution in [0.15, 0.2) is 54.6 Å². The van der Waals surface area contributed by atoms with Crippen molar-refractivity contribution in [3.05, 3.63) is 70.7 Å². The second-order valence-electron chi connectivity index (χ2n) is 6.90. The molecule has 2 heteroatoms. The summed E-state index contributed by atoms with van der Waals surface area (Å²) in [4.78, 5) is 3.52. The second kappa shape index (κ2) is 4.18. The Morgan fingerprint density at radius 1 is 0.870 bits per heavy atom. The van der Waals surface area contributed by atoms with Gasteiger partial charge in [-0.05, 0) is 40.5 Å². The third-order valence-corrected chi connectivity index (χ3v) is 5.50. The predicted octanol–water partition coefficient (Wildman–Crippen LogP) is 6.28. The largest absolute Gasteiger partial charge is 0.354 e. The molecule has 1 heterocycles. The van der Waals surface area contributed by atoms with Crippen molar-refractivity contribution < 1.29 is 0 Å². The number of nitrogens with one attached hydrogen (secondary N) is 1. The van der Waals surface area contributed by atoms with Crippen LogP contribution < -0.4 is 0 Å². The fraction of sp³-hybridized carbons (Fsp3) is 0.143. The lowest BCUT2D eigenvalue weighted by Crippen LogP contribution is -2.14. The number of hydrogen-bond donors (Lipinski definition) is 1. The van der Waals surface area contributed by atoms with Gasteiger partial charge in [0.1, 0.15) is 0 Å². The SMILES string of the molecule is CC1(C)c2ccccc2-c2c1ccc1[nH]c3cc(Cl)ccc3c21. The van der Waals surface area contributed by atoms with Crippen LogP contribution in [0.2, 0.25) is 5.02 Å². The first-order valence-corrected chi connectivity index (χ1v) is 8.29. The molecule has 1 nitrogen and oxygen atoms in total. The number of aromatic nitrogens is 1. The van der Waals surface area contributed by atoms with Gasteiger partial charge in [-0.3, -0.25) is 0 Å². The molecule has 0 radical (unpaired) electrons. The molecule has 23 heavy (non-hydrogen) atoms. The van der Waals surface area contributed by atoms with Crippen LogP contribution in [0.1, 0.15) is 25.0 Å². The Hall–Kier alpha value is -2.25. The molecule has 5 rings (SSSR count). The van der Waals surface area contributed by atoms with Crippen molar-refractivity contribution in [2.24, 2.45) is 0 Å². The van der Waals surface area contributed by atoms with E-state index >= 15 is 0 Å². The van der Waals surface area contributed by atoms with E-state index in [-0.39, 0.29) is 5.41 Å². The van der Waals surface area contributed by atoms with E-state index in [1.807, 2.05) is 12.1 Å². The summed E-state index contributed by atoms with van der Waals surface area (Å²) >= 11 is 6.17. The monoisotopic (exact) mass is 317 g/mol. The van der Waals surface area contributed by atoms with Crippen molar-refractivity contribution >= 4 is 33.4 Å². The molecule has 0 atom stereocenters. The normalized spacial score (nSPS) is 15.1. The standard InChI is InChI=1S/C21H16ClN/c1-21(2)15-6-4-3-5-13(15)19-16(21)9-10-17-20(19)14-8-7-12(22)11-18(14)23-17/h3-11,23H,1-2H3. The summed E-state index contributed by atoms with van der Waals surface area (Å²) in [6.45, 7) is 4.63. The number of halogens is 1. The van der Waals surface area contributed by atoms with Crippen LogP contribution in [0.4, 0.5) is 0 Å². The average Bonchev–Trinajstić information content (AvgIpc) is 3.01. The van der Waals surface area contributed by atoms with Gasteiger partial charge in [0.25, 0.3) is 0 Å². The lowest BCUT2D eigenvalue weighted by atomic mass is 9.82. The minimum absolute atomic E-state index is 0.0378. The van der Waals surface area contributed by atoms with Crippen molar-refractivity contribution in [3.63, 3.8) is 0 Å². The van der Waals surface area contributed by atoms with E-state index < -0.39 is 0 Å². The van der Waals surface area contributed by atoms with Crippen molar-refractivity contribution in [2.75, 3.05) is 0 Å². The molecule has 112 valence electrons. The molecule has 0 aliphatic heterocycles. The maximum absolute atomic E-state index is 6.17. The fourth-order valence-electron chi connectivity index (χ4n) is 4.16. The topological polar surface area (TPSA) is 15.8 Å². The van der Waals surface area contributed by atoms with E-state index in [9.17, 15) is 0 Å². The molecule has 1 N–H and O–H groups in total. The first kappa shape index (κ1) is 13.2. The molecular formula is C21H16ClN. The second-order valence-corrected chi connectivity index (χ2v) is 7.33. The highest BCUT2D eigenvalue weighted by atomic mass is 35.5. The summed E-state index contributed by atoms with van der Waals surface area (Å²) < 4.78 is 0. The zero-order chi connectivity index (χ0) is 15.8. The van der Waals surface area contributed by atoms with Crippen LogP contribution in [0.25, 0.3) is 32.9 Å². The van der Waals surface area contributed by atoms with Gasteiger partial charge < -0.3 is 4.98 Å². The number of fused-ring (bicyclic) bond motifs is 7. The summed E-state index contributed by atoms with van der Waals surface area (Å²) in [6.07, 6.45) is 0. The summed E-state index contributed by atoms with van der Waals surface area (Å²) in [6, 6.07) is 19.4. The number of benzene rings is 3. The van der Waals surface area contributed by atoms with Crippen LogP contribution in [-0.2, 0) is 5.41 Å². The molecule has 0 bridgehead atoms. The third-order valence-electron chi connectivity index (χ3n) is 5.27. The van der Waals surface area contributed by atoms with Gasteiger partial charge in [0.2, 0.25) is 0 Å². The lowest BCUT2D eigenvalue weighted by Gasteiger charge is -2.21. The first-order chi connectivity index (χ1) is 11.1. The van der Waals surface area contributed by atoms with Crippen molar-refractivity contribution in [1.82, 2.24) is 4.98 Å². The Morgan fingerprint density at radius 3 is 2.57 bits per heavy atom. The zero-order valence-corrected chi connectivity index (χ0v) is 13.8. The maximum Gasteiger partial charge on any atom is 0.0480 e. The van der Waals surface area contributed by atoms with E-state index in [1.165, 1.54) is 38.5 Å². The van der Waals surface area contributed by atoms with E-state index in [4.69, 9.17) is 11.6 Å². The third kappa shape index (κ3) is 1.58. The zero-order valence-electron chi connectivity index (χ0n) is 13.1. The first-order valence-electron chi connectivity index (χ1n) is 7.92. The Morgan fingerprint density at radius 2 is 1.70 bits per heavy atom. The highest BCUT2D eigenvalue weighted by molar-refractivity contribution is 6.31. The molecule has 0 fully saturated rings. The molecule has 3 aromatic carbocycles. The Balaban J connectivity index is 2.03. The van der Waals surface area contributed by atoms with Gasteiger partial charge in [0.05, 0.1) is 0 Å². The van der Waals surface area contributed by atoms with Crippen LogP contribution in [0.5, 0.6) is 0 Å². The number of aromatic amines is 1. The Labute approximate surface area is 139 Å². The molecule has 4 aromatic rings. The highest BCUT2D eigenvalue weighted by Gasteiger charge is 2.36. The maximum atomic E-state index is 6.17. The Kier molecular flexibility index (Phi) is 2.40. The molecule has 0 spiro atoms. The number of hydrogen-bond acceptors (Lipinski definition) is 0. The summed E-state index contributed by atoms with van der Waals surface area (Å²) in [5.74, 6) is 0. The van der Waals surface area contributed by atoms with Crippen LogP contribution in [-0.4, -0.2) is 4.98 Å². The van der Waals surface area contributed by atoms with Crippen molar-refractivity contribution in [3.8, 4) is 11.1 Å². The van der Waals surface area contributed by atoms with E-state index in [0.717, 1.165) is 10.5 Å². The molecule has 0 saturated heterocycles. The summed E-state index contributed by atoms with van der Waals surface area (Å²) in [7, 11) is 0. The molecule has 0 amide bonds. The number of rotatable bonds is 0. The summed E-state index contributed by atoms with van der Waals surface area (Å²) in [5, 5.41) is 3.32. The van der Waals surface area contributed by atoms with Gasteiger partial charge in [0.15, 0.2) is 0 Å². The van der Waals surface area contributed by atoms with Gasteiger partial charge >= 0.3 is 0 Å². The predicted molar refractivity (Wildman–Crippen MR) is 98.4 cm³/mol. The summed E-state index contributed by atoms with van der Waals surface area (Å²) in [5.41, 5.74) is 7.85. The minimum Gasteiger partial charge on any atom is -0.354 e. The van der Waals surface area contributed by atoms with Crippen LogP contribution in [0.3, 0.4) is 0 Å². The van der Waals surface area contributed by atoms with E-state index in [0.29, 0.717) is 0 Å². The number of H-pyrrole nitrogens is 1. The highest BCUT2D eigenvalue weighted by Crippen LogP contribution is 2.52. The van der Waals surface area contributed by atoms with Gasteiger partial charge in [-0.15, -0.1) is 0 Å². The van der Waals surface area contributed by atoms with Crippen LogP contribution >= 0.6 is 11.6 Å². The fourth-order valence-corrected chi connectivity index (χ4v) is 4.33. The molecule has 1 aliphatic rings. The Bertz CT molecular complexity index is 1100. The van der Waals surface area contributed by atoms with E-state index in [1.54, 1.807) is 0 Å². The quantitative estimate of drug-likeness (QED) is 0.393. The van der Waals surface area contributed by atoms with Gasteiger partial charge in [-0.1, -0.05) is 61.8 Å². The van der Waals surface area contributed by atoms with E-state index in [2.05, 4.69) is 61.3 Å².